The minimum atomic E-state index is 0. The third-order valence-electron chi connectivity index (χ3n) is 3.02. The van der Waals surface area contributed by atoms with Crippen LogP contribution in [0.5, 0.6) is 0 Å². The quantitative estimate of drug-likeness (QED) is 0.351. The Kier molecular flexibility index (Phi) is 7.50. The molecule has 0 unspecified atom stereocenters. The van der Waals surface area contributed by atoms with Crippen molar-refractivity contribution < 1.29 is 20.1 Å². The molecule has 4 aromatic rings. The zero-order chi connectivity index (χ0) is 15.7. The normalized spacial score (nSPS) is 9.33. The van der Waals surface area contributed by atoms with Crippen LogP contribution in [0.2, 0.25) is 0 Å². The molecule has 0 saturated carbocycles. The summed E-state index contributed by atoms with van der Waals surface area (Å²) in [5.41, 5.74) is 3.08. The van der Waals surface area contributed by atoms with Gasteiger partial charge < -0.3 is 4.98 Å². The van der Waals surface area contributed by atoms with Crippen molar-refractivity contribution in [3.05, 3.63) is 96.6 Å². The van der Waals surface area contributed by atoms with Crippen molar-refractivity contribution in [3.63, 3.8) is 0 Å². The molecular formula is C20H14IrN2S-2. The number of benzene rings is 2. The van der Waals surface area contributed by atoms with Gasteiger partial charge in [0.2, 0.25) is 0 Å². The first-order valence-corrected chi connectivity index (χ1v) is 8.06. The molecule has 0 amide bonds. The summed E-state index contributed by atoms with van der Waals surface area (Å²) < 4.78 is 0. The Morgan fingerprint density at radius 2 is 1.42 bits per heavy atom. The van der Waals surface area contributed by atoms with Gasteiger partial charge in [0.05, 0.1) is 0 Å². The largest absolute Gasteiger partial charge is 0.305 e. The van der Waals surface area contributed by atoms with Crippen LogP contribution in [0, 0.1) is 12.1 Å². The third kappa shape index (κ3) is 5.20. The number of thiazole rings is 1. The molecule has 121 valence electrons. The third-order valence-corrected chi connectivity index (χ3v) is 3.83. The SMILES string of the molecule is [Ir].[c-]1ccccc1-c1ccccn1.[c-]1ccccc1-c1nccs1. The van der Waals surface area contributed by atoms with E-state index in [1.54, 1.807) is 23.7 Å². The van der Waals surface area contributed by atoms with E-state index in [9.17, 15) is 0 Å². The van der Waals surface area contributed by atoms with Crippen LogP contribution >= 0.6 is 11.3 Å². The van der Waals surface area contributed by atoms with Crippen molar-refractivity contribution in [2.24, 2.45) is 0 Å². The van der Waals surface area contributed by atoms with Crippen LogP contribution in [0.4, 0.5) is 0 Å². The van der Waals surface area contributed by atoms with Crippen LogP contribution in [0.25, 0.3) is 21.8 Å². The second-order valence-corrected chi connectivity index (χ2v) is 5.50. The number of hydrogen-bond donors (Lipinski definition) is 0. The van der Waals surface area contributed by atoms with Crippen LogP contribution in [-0.2, 0) is 20.1 Å². The molecular weight excluding hydrogens is 493 g/mol. The van der Waals surface area contributed by atoms with Crippen molar-refractivity contribution in [1.29, 1.82) is 0 Å². The van der Waals surface area contributed by atoms with Crippen molar-refractivity contribution in [2.45, 2.75) is 0 Å². The molecule has 0 spiro atoms. The summed E-state index contributed by atoms with van der Waals surface area (Å²) in [5, 5.41) is 3.00. The van der Waals surface area contributed by atoms with Crippen molar-refractivity contribution >= 4 is 11.3 Å². The molecule has 0 N–H and O–H groups in total. The Morgan fingerprint density at radius 3 is 1.96 bits per heavy atom. The monoisotopic (exact) mass is 507 g/mol. The molecule has 0 bridgehead atoms. The predicted octanol–water partition coefficient (Wildman–Crippen LogP) is 5.16. The summed E-state index contributed by atoms with van der Waals surface area (Å²) in [6.45, 7) is 0. The Bertz CT molecular complexity index is 767. The fourth-order valence-corrected chi connectivity index (χ4v) is 2.58. The van der Waals surface area contributed by atoms with E-state index in [-0.39, 0.29) is 20.1 Å². The van der Waals surface area contributed by atoms with Crippen molar-refractivity contribution in [3.8, 4) is 21.8 Å². The zero-order valence-electron chi connectivity index (χ0n) is 12.7. The summed E-state index contributed by atoms with van der Waals surface area (Å²) in [6, 6.07) is 27.8. The molecule has 1 radical (unpaired) electrons. The average Bonchev–Trinajstić information content (AvgIpc) is 3.19. The van der Waals surface area contributed by atoms with Gasteiger partial charge in [-0.25, -0.2) is 0 Å². The van der Waals surface area contributed by atoms with E-state index >= 15 is 0 Å². The van der Waals surface area contributed by atoms with Gasteiger partial charge in [-0.2, -0.15) is 11.3 Å². The molecule has 4 rings (SSSR count). The summed E-state index contributed by atoms with van der Waals surface area (Å²) in [7, 11) is 0. The molecule has 0 atom stereocenters. The van der Waals surface area contributed by atoms with E-state index in [1.807, 2.05) is 72.1 Å². The molecule has 0 fully saturated rings. The molecule has 0 saturated heterocycles. The van der Waals surface area contributed by atoms with Gasteiger partial charge in [-0.1, -0.05) is 12.1 Å². The Morgan fingerprint density at radius 1 is 0.708 bits per heavy atom. The molecule has 0 aliphatic carbocycles. The molecule has 0 aliphatic heterocycles. The van der Waals surface area contributed by atoms with Gasteiger partial charge in [0.1, 0.15) is 0 Å². The molecule has 4 heteroatoms. The van der Waals surface area contributed by atoms with Gasteiger partial charge in [0, 0.05) is 42.9 Å². The van der Waals surface area contributed by atoms with E-state index in [1.165, 1.54) is 0 Å². The van der Waals surface area contributed by atoms with Crippen LogP contribution in [0.3, 0.4) is 0 Å². The van der Waals surface area contributed by atoms with Crippen LogP contribution in [0.15, 0.2) is 84.5 Å². The summed E-state index contributed by atoms with van der Waals surface area (Å²) in [6.07, 6.45) is 3.59. The fourth-order valence-electron chi connectivity index (χ4n) is 1.96. The maximum Gasteiger partial charge on any atom is 0.0401 e. The minimum Gasteiger partial charge on any atom is -0.305 e. The molecule has 24 heavy (non-hydrogen) atoms. The van der Waals surface area contributed by atoms with Gasteiger partial charge in [0.25, 0.3) is 0 Å². The van der Waals surface area contributed by atoms with Crippen molar-refractivity contribution in [1.82, 2.24) is 9.97 Å². The van der Waals surface area contributed by atoms with Crippen LogP contribution in [0.1, 0.15) is 0 Å². The molecule has 2 aromatic heterocycles. The number of aromatic nitrogens is 2. The van der Waals surface area contributed by atoms with Gasteiger partial charge in [0.15, 0.2) is 0 Å². The summed E-state index contributed by atoms with van der Waals surface area (Å²) in [4.78, 5) is 8.39. The molecule has 2 heterocycles. The first kappa shape index (κ1) is 18.2. The first-order valence-electron chi connectivity index (χ1n) is 7.18. The molecule has 2 nitrogen and oxygen atoms in total. The standard InChI is InChI=1S/C11H8N.C9H6NS.Ir/c1-2-6-10(7-3-1)11-8-4-5-9-12-11;1-2-4-8(5-3-1)9-10-6-7-11-9;/h1-6,8-9H;1-4,6-7H;/q2*-1;. The van der Waals surface area contributed by atoms with Crippen LogP contribution in [-0.4, -0.2) is 9.97 Å². The maximum atomic E-state index is 4.22. The zero-order valence-corrected chi connectivity index (χ0v) is 15.9. The fraction of sp³-hybridized carbons (Fsp3) is 0. The van der Waals surface area contributed by atoms with E-state index in [0.717, 1.165) is 21.8 Å². The summed E-state index contributed by atoms with van der Waals surface area (Å²) >= 11 is 1.63. The predicted molar refractivity (Wildman–Crippen MR) is 94.9 cm³/mol. The smallest absolute Gasteiger partial charge is 0.0401 e. The van der Waals surface area contributed by atoms with Gasteiger partial charge >= 0.3 is 0 Å². The van der Waals surface area contributed by atoms with Gasteiger partial charge in [-0.15, -0.1) is 71.8 Å². The van der Waals surface area contributed by atoms with E-state index in [4.69, 9.17) is 0 Å². The first-order chi connectivity index (χ1) is 11.4. The Balaban J connectivity index is 0.000000167. The number of hydrogen-bond acceptors (Lipinski definition) is 3. The number of rotatable bonds is 2. The Hall–Kier alpha value is -2.13. The van der Waals surface area contributed by atoms with E-state index in [2.05, 4.69) is 22.1 Å². The van der Waals surface area contributed by atoms with E-state index < -0.39 is 0 Å². The topological polar surface area (TPSA) is 25.8 Å². The van der Waals surface area contributed by atoms with E-state index in [0.29, 0.717) is 0 Å². The molecule has 2 aromatic carbocycles. The van der Waals surface area contributed by atoms with Crippen molar-refractivity contribution in [2.75, 3.05) is 0 Å². The van der Waals surface area contributed by atoms with Crippen LogP contribution < -0.4 is 0 Å². The molecule has 0 aliphatic rings. The second kappa shape index (κ2) is 9.89. The number of nitrogens with zero attached hydrogens (tertiary/aromatic N) is 2. The maximum absolute atomic E-state index is 4.22. The van der Waals surface area contributed by atoms with Gasteiger partial charge in [-0.05, 0) is 11.8 Å². The second-order valence-electron chi connectivity index (χ2n) is 4.60. The summed E-state index contributed by atoms with van der Waals surface area (Å²) in [5.74, 6) is 0. The number of pyridine rings is 1. The van der Waals surface area contributed by atoms with Gasteiger partial charge in [-0.3, -0.25) is 4.98 Å². The average molecular weight is 507 g/mol. The minimum absolute atomic E-state index is 0. The Labute approximate surface area is 159 Å².